The highest BCUT2D eigenvalue weighted by Gasteiger charge is 2.10. The largest absolute Gasteiger partial charge is 0.382 e. The number of alkyl halides is 1. The molecule has 0 bridgehead atoms. The van der Waals surface area contributed by atoms with Crippen LogP contribution in [0.2, 0.25) is 0 Å². The van der Waals surface area contributed by atoms with Gasteiger partial charge in [-0.2, -0.15) is 0 Å². The lowest BCUT2D eigenvalue weighted by Crippen LogP contribution is -2.08. The van der Waals surface area contributed by atoms with Gasteiger partial charge in [0.1, 0.15) is 0 Å². The lowest BCUT2D eigenvalue weighted by atomic mass is 9.96. The molecule has 0 spiro atoms. The van der Waals surface area contributed by atoms with Gasteiger partial charge in [-0.25, -0.2) is 0 Å². The summed E-state index contributed by atoms with van der Waals surface area (Å²) >= 11 is 6.01. The third-order valence-electron chi connectivity index (χ3n) is 2.74. The smallest absolute Gasteiger partial charge is 0.0700 e. The fourth-order valence-corrected chi connectivity index (χ4v) is 2.06. The first-order chi connectivity index (χ1) is 8.27. The normalized spacial score (nSPS) is 12.6. The van der Waals surface area contributed by atoms with Crippen molar-refractivity contribution in [2.45, 2.75) is 19.3 Å². The van der Waals surface area contributed by atoms with Gasteiger partial charge in [-0.3, -0.25) is 0 Å². The highest BCUT2D eigenvalue weighted by Crippen LogP contribution is 2.22. The molecular weight excluding hydrogens is 236 g/mol. The minimum Gasteiger partial charge on any atom is -0.382 e. The molecule has 17 heavy (non-hydrogen) atoms. The van der Waals surface area contributed by atoms with Crippen LogP contribution < -0.4 is 0 Å². The Labute approximate surface area is 109 Å². The van der Waals surface area contributed by atoms with Gasteiger partial charge in [0.15, 0.2) is 0 Å². The van der Waals surface area contributed by atoms with Gasteiger partial charge >= 0.3 is 0 Å². The number of hydrogen-bond donors (Lipinski definition) is 0. The Morgan fingerprint density at radius 1 is 1.24 bits per heavy atom. The maximum absolute atomic E-state index is 6.01. The molecule has 0 aliphatic carbocycles. The molecule has 0 aromatic heterocycles. The van der Waals surface area contributed by atoms with Crippen LogP contribution in [0.15, 0.2) is 24.3 Å². The van der Waals surface area contributed by atoms with Crippen LogP contribution in [0.3, 0.4) is 0 Å². The minimum absolute atomic E-state index is 0.374. The molecule has 1 aromatic rings. The number of benzene rings is 1. The highest BCUT2D eigenvalue weighted by atomic mass is 35.5. The SMILES string of the molecule is COCCOCCC(CCl)c1cccc(C)c1. The molecule has 0 aliphatic heterocycles. The zero-order chi connectivity index (χ0) is 12.5. The third-order valence-corrected chi connectivity index (χ3v) is 3.11. The number of hydrogen-bond acceptors (Lipinski definition) is 2. The number of methoxy groups -OCH3 is 1. The van der Waals surface area contributed by atoms with E-state index >= 15 is 0 Å². The molecule has 0 radical (unpaired) electrons. The topological polar surface area (TPSA) is 18.5 Å². The average molecular weight is 257 g/mol. The first-order valence-corrected chi connectivity index (χ1v) is 6.50. The second-order valence-corrected chi connectivity index (χ2v) is 4.47. The van der Waals surface area contributed by atoms with E-state index in [0.29, 0.717) is 25.0 Å². The van der Waals surface area contributed by atoms with Gasteiger partial charge < -0.3 is 9.47 Å². The van der Waals surface area contributed by atoms with E-state index in [4.69, 9.17) is 21.1 Å². The molecule has 1 rings (SSSR count). The van der Waals surface area contributed by atoms with Crippen LogP contribution in [0.5, 0.6) is 0 Å². The second kappa shape index (κ2) is 8.51. The first kappa shape index (κ1) is 14.5. The molecule has 1 aromatic carbocycles. The molecule has 0 amide bonds. The number of ether oxygens (including phenoxy) is 2. The summed E-state index contributed by atoms with van der Waals surface area (Å²) in [5.74, 6) is 1.01. The minimum atomic E-state index is 0.374. The van der Waals surface area contributed by atoms with Crippen molar-refractivity contribution in [1.82, 2.24) is 0 Å². The molecule has 2 nitrogen and oxygen atoms in total. The van der Waals surface area contributed by atoms with Crippen LogP contribution in [0.4, 0.5) is 0 Å². The van der Waals surface area contributed by atoms with Crippen LogP contribution in [0.1, 0.15) is 23.5 Å². The Balaban J connectivity index is 2.38. The van der Waals surface area contributed by atoms with Gasteiger partial charge in [0.2, 0.25) is 0 Å². The molecule has 0 N–H and O–H groups in total. The van der Waals surface area contributed by atoms with Crippen molar-refractivity contribution in [1.29, 1.82) is 0 Å². The molecular formula is C14H21ClO2. The van der Waals surface area contributed by atoms with E-state index in [1.807, 2.05) is 0 Å². The van der Waals surface area contributed by atoms with Crippen molar-refractivity contribution in [2.24, 2.45) is 0 Å². The third kappa shape index (κ3) is 5.53. The summed E-state index contributed by atoms with van der Waals surface area (Å²) in [5.41, 5.74) is 2.58. The van der Waals surface area contributed by atoms with E-state index in [1.54, 1.807) is 7.11 Å². The molecule has 1 unspecified atom stereocenters. The second-order valence-electron chi connectivity index (χ2n) is 4.16. The predicted octanol–water partition coefficient (Wildman–Crippen LogP) is 3.37. The Morgan fingerprint density at radius 3 is 2.71 bits per heavy atom. The Bertz CT molecular complexity index is 315. The van der Waals surface area contributed by atoms with Crippen molar-refractivity contribution in [3.8, 4) is 0 Å². The summed E-state index contributed by atoms with van der Waals surface area (Å²) in [4.78, 5) is 0. The summed E-state index contributed by atoms with van der Waals surface area (Å²) in [5, 5.41) is 0. The maximum Gasteiger partial charge on any atom is 0.0700 e. The van der Waals surface area contributed by atoms with Gasteiger partial charge in [0.05, 0.1) is 13.2 Å². The summed E-state index contributed by atoms with van der Waals surface area (Å²) < 4.78 is 10.4. The molecule has 96 valence electrons. The van der Waals surface area contributed by atoms with E-state index in [2.05, 4.69) is 31.2 Å². The molecule has 1 atom stereocenters. The number of halogens is 1. The summed E-state index contributed by atoms with van der Waals surface area (Å²) in [7, 11) is 1.68. The number of aryl methyl sites for hydroxylation is 1. The Kier molecular flexibility index (Phi) is 7.25. The lowest BCUT2D eigenvalue weighted by Gasteiger charge is -2.15. The standard InChI is InChI=1S/C14H21ClO2/c1-12-4-3-5-13(10-12)14(11-15)6-7-17-9-8-16-2/h3-5,10,14H,6-9,11H2,1-2H3. The van der Waals surface area contributed by atoms with Crippen LogP contribution in [0, 0.1) is 6.92 Å². The molecule has 0 fully saturated rings. The molecule has 0 aliphatic rings. The van der Waals surface area contributed by atoms with E-state index < -0.39 is 0 Å². The lowest BCUT2D eigenvalue weighted by molar-refractivity contribution is 0.0676. The fraction of sp³-hybridized carbons (Fsp3) is 0.571. The Hall–Kier alpha value is -0.570. The van der Waals surface area contributed by atoms with Gasteiger partial charge in [-0.1, -0.05) is 29.8 Å². The number of rotatable bonds is 8. The fourth-order valence-electron chi connectivity index (χ4n) is 1.73. The first-order valence-electron chi connectivity index (χ1n) is 5.97. The quantitative estimate of drug-likeness (QED) is 0.525. The van der Waals surface area contributed by atoms with Crippen molar-refractivity contribution in [3.05, 3.63) is 35.4 Å². The van der Waals surface area contributed by atoms with E-state index in [0.717, 1.165) is 13.0 Å². The van der Waals surface area contributed by atoms with Crippen molar-refractivity contribution in [2.75, 3.05) is 32.8 Å². The zero-order valence-corrected chi connectivity index (χ0v) is 11.4. The van der Waals surface area contributed by atoms with Crippen molar-refractivity contribution < 1.29 is 9.47 Å². The monoisotopic (exact) mass is 256 g/mol. The van der Waals surface area contributed by atoms with Crippen LogP contribution in [-0.4, -0.2) is 32.8 Å². The average Bonchev–Trinajstić information content (AvgIpc) is 2.34. The molecule has 3 heteroatoms. The summed E-state index contributed by atoms with van der Waals surface area (Å²) in [6.45, 7) is 4.13. The highest BCUT2D eigenvalue weighted by molar-refractivity contribution is 6.18. The van der Waals surface area contributed by atoms with Crippen LogP contribution in [0.25, 0.3) is 0 Å². The van der Waals surface area contributed by atoms with E-state index in [1.165, 1.54) is 11.1 Å². The van der Waals surface area contributed by atoms with Crippen LogP contribution in [-0.2, 0) is 9.47 Å². The molecule has 0 saturated heterocycles. The molecule has 0 heterocycles. The van der Waals surface area contributed by atoms with Gasteiger partial charge in [-0.05, 0) is 24.8 Å². The predicted molar refractivity (Wildman–Crippen MR) is 72.0 cm³/mol. The Morgan fingerprint density at radius 2 is 2.06 bits per heavy atom. The van der Waals surface area contributed by atoms with Gasteiger partial charge in [0.25, 0.3) is 0 Å². The van der Waals surface area contributed by atoms with Gasteiger partial charge in [0, 0.05) is 19.6 Å². The van der Waals surface area contributed by atoms with Crippen LogP contribution >= 0.6 is 11.6 Å². The molecule has 0 saturated carbocycles. The van der Waals surface area contributed by atoms with Crippen molar-refractivity contribution in [3.63, 3.8) is 0 Å². The summed E-state index contributed by atoms with van der Waals surface area (Å²) in [6.07, 6.45) is 0.955. The van der Waals surface area contributed by atoms with Gasteiger partial charge in [-0.15, -0.1) is 11.6 Å². The maximum atomic E-state index is 6.01. The summed E-state index contributed by atoms with van der Waals surface area (Å²) in [6, 6.07) is 8.51. The van der Waals surface area contributed by atoms with Crippen molar-refractivity contribution >= 4 is 11.6 Å². The zero-order valence-electron chi connectivity index (χ0n) is 10.6. The van der Waals surface area contributed by atoms with E-state index in [9.17, 15) is 0 Å². The van der Waals surface area contributed by atoms with E-state index in [-0.39, 0.29) is 0 Å².